The van der Waals surface area contributed by atoms with Crippen molar-refractivity contribution in [3.8, 4) is 11.3 Å². The molecular formula is C25H34N6O2S. The van der Waals surface area contributed by atoms with Crippen LogP contribution in [0, 0.1) is 0 Å². The van der Waals surface area contributed by atoms with Crippen LogP contribution in [0.5, 0.6) is 0 Å². The molecule has 1 aliphatic heterocycles. The average Bonchev–Trinajstić information content (AvgIpc) is 3.53. The van der Waals surface area contributed by atoms with Crippen LogP contribution in [-0.4, -0.2) is 59.1 Å². The molecule has 2 aromatic heterocycles. The molecule has 3 aromatic rings. The van der Waals surface area contributed by atoms with Crippen molar-refractivity contribution in [1.29, 1.82) is 0 Å². The lowest BCUT2D eigenvalue weighted by Crippen LogP contribution is -2.22. The smallest absolute Gasteiger partial charge is 0.224 e. The Morgan fingerprint density at radius 2 is 1.85 bits per heavy atom. The van der Waals surface area contributed by atoms with Crippen LogP contribution < -0.4 is 5.32 Å². The molecule has 1 saturated carbocycles. The van der Waals surface area contributed by atoms with Gasteiger partial charge in [-0.15, -0.1) is 0 Å². The number of aliphatic hydroxyl groups excluding tert-OH is 1. The summed E-state index contributed by atoms with van der Waals surface area (Å²) in [5.41, 5.74) is 2.65. The van der Waals surface area contributed by atoms with Crippen LogP contribution in [0.25, 0.3) is 22.3 Å². The van der Waals surface area contributed by atoms with Crippen molar-refractivity contribution in [2.24, 2.45) is 0 Å². The molecule has 0 radical (unpaired) electrons. The van der Waals surface area contributed by atoms with Crippen molar-refractivity contribution in [2.45, 2.75) is 75.3 Å². The maximum absolute atomic E-state index is 12.9. The number of nitrogens with one attached hydrogen (secondary N) is 1. The molecule has 1 saturated heterocycles. The van der Waals surface area contributed by atoms with Gasteiger partial charge in [-0.05, 0) is 57.1 Å². The van der Waals surface area contributed by atoms with Gasteiger partial charge in [0.15, 0.2) is 5.65 Å². The van der Waals surface area contributed by atoms with Crippen LogP contribution in [0.4, 0.5) is 5.95 Å². The molecule has 1 aliphatic carbocycles. The second-order valence-corrected chi connectivity index (χ2v) is 10.9. The van der Waals surface area contributed by atoms with Gasteiger partial charge in [0.1, 0.15) is 16.7 Å². The Balaban J connectivity index is 1.48. The molecule has 182 valence electrons. The van der Waals surface area contributed by atoms with E-state index in [1.54, 1.807) is 0 Å². The predicted molar refractivity (Wildman–Crippen MR) is 135 cm³/mol. The molecule has 0 spiro atoms. The molecule has 8 nitrogen and oxygen atoms in total. The number of rotatable bonds is 8. The first-order valence-electron chi connectivity index (χ1n) is 12.6. The molecule has 9 heteroatoms. The van der Waals surface area contributed by atoms with Crippen LogP contribution in [-0.2, 0) is 11.0 Å². The molecule has 0 amide bonds. The van der Waals surface area contributed by atoms with Gasteiger partial charge in [0.25, 0.3) is 0 Å². The monoisotopic (exact) mass is 482 g/mol. The van der Waals surface area contributed by atoms with E-state index in [2.05, 4.69) is 17.2 Å². The van der Waals surface area contributed by atoms with Crippen LogP contribution in [0.1, 0.15) is 64.3 Å². The standard InChI is InChI=1S/C25H34N6O2S/c1-2-3-14-26-25-27-17-22-23(29-31(24(22)28-25)19-8-10-20(32)11-9-19)18-6-12-21(13-7-18)34(33)30-15-4-5-16-30/h6-7,12-13,17,19-20,32H,2-5,8-11,14-16H2,1H3,(H,26,27,28). The Kier molecular flexibility index (Phi) is 7.22. The van der Waals surface area contributed by atoms with E-state index in [0.29, 0.717) is 5.95 Å². The summed E-state index contributed by atoms with van der Waals surface area (Å²) in [6.45, 7) is 4.79. The van der Waals surface area contributed by atoms with Gasteiger partial charge in [0.05, 0.1) is 22.4 Å². The third-order valence-electron chi connectivity index (χ3n) is 6.90. The van der Waals surface area contributed by atoms with E-state index < -0.39 is 11.0 Å². The van der Waals surface area contributed by atoms with Gasteiger partial charge in [-0.2, -0.15) is 10.1 Å². The fourth-order valence-corrected chi connectivity index (χ4v) is 6.15. The third-order valence-corrected chi connectivity index (χ3v) is 8.41. The fourth-order valence-electron chi connectivity index (χ4n) is 4.89. The van der Waals surface area contributed by atoms with E-state index >= 15 is 0 Å². The van der Waals surface area contributed by atoms with E-state index in [1.807, 2.05) is 39.4 Å². The van der Waals surface area contributed by atoms with Crippen LogP contribution in [0.15, 0.2) is 35.4 Å². The Hall–Kier alpha value is -2.36. The molecule has 1 aromatic carbocycles. The van der Waals surface area contributed by atoms with Crippen LogP contribution in [0.3, 0.4) is 0 Å². The molecule has 2 aliphatic rings. The quantitative estimate of drug-likeness (QED) is 0.465. The van der Waals surface area contributed by atoms with Gasteiger partial charge in [-0.25, -0.2) is 18.2 Å². The molecule has 1 unspecified atom stereocenters. The van der Waals surface area contributed by atoms with E-state index in [1.165, 1.54) is 0 Å². The molecule has 2 fully saturated rings. The highest BCUT2D eigenvalue weighted by molar-refractivity contribution is 7.82. The second kappa shape index (κ2) is 10.5. The zero-order chi connectivity index (χ0) is 23.5. The molecule has 34 heavy (non-hydrogen) atoms. The highest BCUT2D eigenvalue weighted by atomic mass is 32.2. The topological polar surface area (TPSA) is 96.2 Å². The SMILES string of the molecule is CCCCNc1ncc2c(-c3ccc(S(=O)N4CCCC4)cc3)nn(C3CCC(O)CC3)c2n1. The molecule has 2 N–H and O–H groups in total. The molecular weight excluding hydrogens is 448 g/mol. The Morgan fingerprint density at radius 1 is 1.12 bits per heavy atom. The van der Waals surface area contributed by atoms with Gasteiger partial charge in [0, 0.05) is 31.4 Å². The van der Waals surface area contributed by atoms with Crippen molar-refractivity contribution < 1.29 is 9.32 Å². The number of aliphatic hydroxyl groups is 1. The van der Waals surface area contributed by atoms with E-state index in [0.717, 1.165) is 98.2 Å². The number of hydrogen-bond acceptors (Lipinski definition) is 6. The van der Waals surface area contributed by atoms with Gasteiger partial charge >= 0.3 is 0 Å². The van der Waals surface area contributed by atoms with Crippen molar-refractivity contribution in [3.63, 3.8) is 0 Å². The summed E-state index contributed by atoms with van der Waals surface area (Å²) < 4.78 is 16.9. The zero-order valence-corrected chi connectivity index (χ0v) is 20.6. The first-order chi connectivity index (χ1) is 16.6. The van der Waals surface area contributed by atoms with Gasteiger partial charge in [0.2, 0.25) is 5.95 Å². The molecule has 5 rings (SSSR count). The lowest BCUT2D eigenvalue weighted by Gasteiger charge is -2.25. The maximum atomic E-state index is 12.9. The number of nitrogens with zero attached hydrogens (tertiary/aromatic N) is 5. The van der Waals surface area contributed by atoms with Gasteiger partial charge in [-0.1, -0.05) is 25.5 Å². The van der Waals surface area contributed by atoms with E-state index in [4.69, 9.17) is 10.1 Å². The lowest BCUT2D eigenvalue weighted by atomic mass is 9.93. The molecule has 3 heterocycles. The highest BCUT2D eigenvalue weighted by Crippen LogP contribution is 2.35. The summed E-state index contributed by atoms with van der Waals surface area (Å²) in [7, 11) is -1.11. The van der Waals surface area contributed by atoms with Crippen molar-refractivity contribution in [1.82, 2.24) is 24.1 Å². The Labute approximate surface area is 203 Å². The van der Waals surface area contributed by atoms with Crippen LogP contribution in [0.2, 0.25) is 0 Å². The minimum atomic E-state index is -1.11. The fraction of sp³-hybridized carbons (Fsp3) is 0.560. The number of hydrogen-bond donors (Lipinski definition) is 2. The predicted octanol–water partition coefficient (Wildman–Crippen LogP) is 4.30. The largest absolute Gasteiger partial charge is 0.393 e. The number of aromatic nitrogens is 4. The minimum absolute atomic E-state index is 0.208. The minimum Gasteiger partial charge on any atom is -0.393 e. The number of fused-ring (bicyclic) bond motifs is 1. The molecule has 1 atom stereocenters. The number of unbranched alkanes of at least 4 members (excludes halogenated alkanes) is 1. The summed E-state index contributed by atoms with van der Waals surface area (Å²) in [5, 5.41) is 19.3. The van der Waals surface area contributed by atoms with E-state index in [9.17, 15) is 9.32 Å². The summed E-state index contributed by atoms with van der Waals surface area (Å²) in [6.07, 6.45) is 9.38. The third kappa shape index (κ3) is 4.87. The summed E-state index contributed by atoms with van der Waals surface area (Å²) in [6, 6.07) is 8.13. The maximum Gasteiger partial charge on any atom is 0.224 e. The normalized spacial score (nSPS) is 22.3. The highest BCUT2D eigenvalue weighted by Gasteiger charge is 2.26. The summed E-state index contributed by atoms with van der Waals surface area (Å²) in [5.74, 6) is 0.626. The van der Waals surface area contributed by atoms with Crippen molar-refractivity contribution in [3.05, 3.63) is 30.5 Å². The summed E-state index contributed by atoms with van der Waals surface area (Å²) in [4.78, 5) is 10.2. The Bertz CT molecular complexity index is 1130. The van der Waals surface area contributed by atoms with Gasteiger partial charge in [-0.3, -0.25) is 0 Å². The van der Waals surface area contributed by atoms with Crippen molar-refractivity contribution >= 4 is 28.0 Å². The van der Waals surface area contributed by atoms with Gasteiger partial charge < -0.3 is 10.4 Å². The molecule has 0 bridgehead atoms. The first-order valence-corrected chi connectivity index (χ1v) is 13.7. The lowest BCUT2D eigenvalue weighted by molar-refractivity contribution is 0.109. The zero-order valence-electron chi connectivity index (χ0n) is 19.8. The summed E-state index contributed by atoms with van der Waals surface area (Å²) >= 11 is 0. The number of anilines is 1. The van der Waals surface area contributed by atoms with Crippen LogP contribution >= 0.6 is 0 Å². The average molecular weight is 483 g/mol. The van der Waals surface area contributed by atoms with E-state index in [-0.39, 0.29) is 12.1 Å². The van der Waals surface area contributed by atoms with Crippen molar-refractivity contribution in [2.75, 3.05) is 25.0 Å². The second-order valence-electron chi connectivity index (χ2n) is 9.38. The first kappa shape index (κ1) is 23.4. The Morgan fingerprint density at radius 3 is 2.56 bits per heavy atom. The number of benzene rings is 1.